The van der Waals surface area contributed by atoms with Crippen molar-refractivity contribution < 1.29 is 8.68 Å². The lowest BCUT2D eigenvalue weighted by molar-refractivity contribution is -0.644. The molecule has 0 spiro atoms. The van der Waals surface area contributed by atoms with Crippen LogP contribution in [0.15, 0.2) is 36.8 Å². The summed E-state index contributed by atoms with van der Waals surface area (Å²) in [6.45, 7) is -1.65. The maximum atomic E-state index is 8.05. The summed E-state index contributed by atoms with van der Waals surface area (Å²) in [7, 11) is 0. The highest BCUT2D eigenvalue weighted by atomic mass is 32.1. The smallest absolute Gasteiger partial charge is 0.263 e. The number of hydrogen-bond donors (Lipinski definition) is 0. The lowest BCUT2D eigenvalue weighted by Crippen LogP contribution is -2.30. The Hall–Kier alpha value is -2.27. The van der Waals surface area contributed by atoms with Gasteiger partial charge in [-0.3, -0.25) is 9.97 Å². The van der Waals surface area contributed by atoms with Crippen LogP contribution in [0.5, 0.6) is 0 Å². The van der Waals surface area contributed by atoms with Crippen molar-refractivity contribution in [3.05, 3.63) is 42.5 Å². The molecule has 4 nitrogen and oxygen atoms in total. The number of rotatable bonds is 0. The largest absolute Gasteiger partial charge is 0.292 e. The van der Waals surface area contributed by atoms with E-state index >= 15 is 0 Å². The van der Waals surface area contributed by atoms with Crippen molar-refractivity contribution in [3.63, 3.8) is 0 Å². The number of nitrogens with zero attached hydrogens (tertiary/aromatic N) is 4. The molecule has 0 unspecified atom stereocenters. The van der Waals surface area contributed by atoms with E-state index in [9.17, 15) is 0 Å². The van der Waals surface area contributed by atoms with Crippen LogP contribution in [0.3, 0.4) is 0 Å². The number of fused-ring (bicyclic) bond motifs is 7. The molecule has 0 saturated carbocycles. The molecular weight excluding hydrogens is 268 g/mol. The monoisotopic (exact) mass is 282 g/mol. The minimum Gasteiger partial charge on any atom is -0.263 e. The normalized spacial score (nSPS) is 15.9. The minimum atomic E-state index is -2.26. The van der Waals surface area contributed by atoms with Gasteiger partial charge in [0, 0.05) is 24.0 Å². The predicted molar refractivity (Wildman–Crippen MR) is 78.6 cm³/mol. The summed E-state index contributed by atoms with van der Waals surface area (Å²) in [5.74, 6) is 0.716. The van der Waals surface area contributed by atoms with Crippen LogP contribution in [0.25, 0.3) is 31.8 Å². The van der Waals surface area contributed by atoms with Crippen LogP contribution < -0.4 is 4.57 Å². The second-order valence-electron chi connectivity index (χ2n) is 4.87. The van der Waals surface area contributed by atoms with Gasteiger partial charge in [-0.1, -0.05) is 11.3 Å². The average molecular weight is 282 g/mol. The molecule has 0 N–H and O–H groups in total. The van der Waals surface area contributed by atoms with Gasteiger partial charge in [0.15, 0.2) is 5.52 Å². The SMILES string of the molecule is [2H]C([2H])([2H])n1c2[n+](c3sc4cnccc4c31)Cc1ncccc1-2. The van der Waals surface area contributed by atoms with E-state index in [4.69, 9.17) is 4.11 Å². The van der Waals surface area contributed by atoms with E-state index in [1.165, 1.54) is 4.57 Å². The molecule has 0 saturated heterocycles. The maximum absolute atomic E-state index is 8.05. The second-order valence-corrected chi connectivity index (χ2v) is 5.90. The van der Waals surface area contributed by atoms with E-state index in [0.717, 1.165) is 31.7 Å². The van der Waals surface area contributed by atoms with Gasteiger partial charge in [-0.25, -0.2) is 9.13 Å². The van der Waals surface area contributed by atoms with Gasteiger partial charge in [0.2, 0.25) is 4.83 Å². The van der Waals surface area contributed by atoms with Gasteiger partial charge >= 0.3 is 0 Å². The quantitative estimate of drug-likeness (QED) is 0.409. The molecule has 0 bridgehead atoms. The van der Waals surface area contributed by atoms with Crippen molar-refractivity contribution in [2.24, 2.45) is 6.98 Å². The molecule has 0 radical (unpaired) electrons. The molecule has 5 heteroatoms. The molecule has 5 heterocycles. The van der Waals surface area contributed by atoms with Gasteiger partial charge in [-0.15, -0.1) is 0 Å². The van der Waals surface area contributed by atoms with Crippen LogP contribution in [0, 0.1) is 0 Å². The zero-order chi connectivity index (χ0) is 15.8. The van der Waals surface area contributed by atoms with Crippen LogP contribution in [-0.4, -0.2) is 14.5 Å². The predicted octanol–water partition coefficient (Wildman–Crippen LogP) is 2.50. The molecule has 0 atom stereocenters. The Kier molecular flexibility index (Phi) is 1.39. The first-order valence-electron chi connectivity index (χ1n) is 7.81. The van der Waals surface area contributed by atoms with Crippen molar-refractivity contribution in [1.29, 1.82) is 0 Å². The van der Waals surface area contributed by atoms with Crippen LogP contribution in [0.4, 0.5) is 0 Å². The van der Waals surface area contributed by atoms with Gasteiger partial charge in [-0.05, 0) is 18.2 Å². The van der Waals surface area contributed by atoms with E-state index in [-0.39, 0.29) is 0 Å². The van der Waals surface area contributed by atoms with E-state index in [1.807, 2.05) is 18.2 Å². The molecule has 0 aromatic carbocycles. The Bertz CT molecular complexity index is 1090. The number of imidazole rings is 1. The summed E-state index contributed by atoms with van der Waals surface area (Å²) in [6, 6.07) is 5.68. The summed E-state index contributed by atoms with van der Waals surface area (Å²) in [5, 5.41) is 0.934. The van der Waals surface area contributed by atoms with E-state index in [1.54, 1.807) is 29.9 Å². The Morgan fingerprint density at radius 1 is 1.40 bits per heavy atom. The number of hydrogen-bond acceptors (Lipinski definition) is 3. The first-order chi connectivity index (χ1) is 11.1. The first-order valence-corrected chi connectivity index (χ1v) is 7.13. The third-order valence-electron chi connectivity index (χ3n) is 3.82. The highest BCUT2D eigenvalue weighted by Crippen LogP contribution is 2.37. The standard InChI is InChI=1S/C15H11N4S/c1-18-13-10-4-6-16-7-12(10)20-15(13)19-8-11-9(14(18)19)3-2-5-17-11/h2-7H,8H2,1H3/q+1/i1D3. The lowest BCUT2D eigenvalue weighted by atomic mass is 10.2. The molecule has 20 heavy (non-hydrogen) atoms. The second kappa shape index (κ2) is 3.43. The molecule has 0 aliphatic carbocycles. The van der Waals surface area contributed by atoms with E-state index < -0.39 is 6.98 Å². The van der Waals surface area contributed by atoms with Gasteiger partial charge in [0.1, 0.15) is 6.54 Å². The number of aromatic nitrogens is 4. The van der Waals surface area contributed by atoms with Gasteiger partial charge in [0.05, 0.1) is 27.0 Å². The van der Waals surface area contributed by atoms with Gasteiger partial charge < -0.3 is 0 Å². The van der Waals surface area contributed by atoms with Crippen molar-refractivity contribution in [2.45, 2.75) is 6.54 Å². The minimum absolute atomic E-state index is 0.603. The third kappa shape index (κ3) is 1.10. The zero-order valence-corrected chi connectivity index (χ0v) is 11.2. The topological polar surface area (TPSA) is 34.6 Å². The molecule has 4 aromatic rings. The van der Waals surface area contributed by atoms with Crippen molar-refractivity contribution in [1.82, 2.24) is 14.5 Å². The maximum Gasteiger partial charge on any atom is 0.292 e. The summed E-state index contributed by atoms with van der Waals surface area (Å²) in [4.78, 5) is 9.51. The fraction of sp³-hybridized carbons (Fsp3) is 0.133. The van der Waals surface area contributed by atoms with Crippen LogP contribution >= 0.6 is 11.3 Å². The number of thiophene rings is 1. The zero-order valence-electron chi connectivity index (χ0n) is 13.4. The molecule has 0 amide bonds. The Balaban J connectivity index is 2.01. The Morgan fingerprint density at radius 3 is 3.35 bits per heavy atom. The summed E-state index contributed by atoms with van der Waals surface area (Å²) >= 11 is 1.58. The van der Waals surface area contributed by atoms with Crippen molar-refractivity contribution in [2.75, 3.05) is 0 Å². The summed E-state index contributed by atoms with van der Waals surface area (Å²) < 4.78 is 28.7. The number of pyridine rings is 2. The molecule has 5 rings (SSSR count). The van der Waals surface area contributed by atoms with E-state index in [2.05, 4.69) is 14.5 Å². The fourth-order valence-electron chi connectivity index (χ4n) is 2.98. The van der Waals surface area contributed by atoms with Crippen LogP contribution in [0.1, 0.15) is 9.81 Å². The molecular formula is C15H11N4S+. The lowest BCUT2D eigenvalue weighted by Gasteiger charge is -1.94. The number of aryl methyl sites for hydroxylation is 1. The van der Waals surface area contributed by atoms with E-state index in [0.29, 0.717) is 12.4 Å². The molecule has 1 aliphatic rings. The fourth-order valence-corrected chi connectivity index (χ4v) is 4.13. The van der Waals surface area contributed by atoms with Crippen molar-refractivity contribution >= 4 is 31.8 Å². The Labute approximate surface area is 123 Å². The highest BCUT2D eigenvalue weighted by Gasteiger charge is 2.35. The molecule has 4 aromatic heterocycles. The van der Waals surface area contributed by atoms with Gasteiger partial charge in [0.25, 0.3) is 5.82 Å². The summed E-state index contributed by atoms with van der Waals surface area (Å²) in [6.07, 6.45) is 5.24. The third-order valence-corrected chi connectivity index (χ3v) is 4.98. The summed E-state index contributed by atoms with van der Waals surface area (Å²) in [5.41, 5.74) is 2.57. The Morgan fingerprint density at radius 2 is 2.40 bits per heavy atom. The molecule has 0 fully saturated rings. The van der Waals surface area contributed by atoms with Crippen LogP contribution in [-0.2, 0) is 13.5 Å². The van der Waals surface area contributed by atoms with Crippen LogP contribution in [0.2, 0.25) is 0 Å². The van der Waals surface area contributed by atoms with Gasteiger partial charge in [-0.2, -0.15) is 0 Å². The average Bonchev–Trinajstić information content (AvgIpc) is 3.13. The highest BCUT2D eigenvalue weighted by molar-refractivity contribution is 7.25. The van der Waals surface area contributed by atoms with Crippen molar-refractivity contribution in [3.8, 4) is 11.4 Å². The molecule has 1 aliphatic heterocycles. The first kappa shape index (κ1) is 8.11. The molecule has 96 valence electrons.